The van der Waals surface area contributed by atoms with Crippen LogP contribution in [-0.2, 0) is 0 Å². The monoisotopic (exact) mass is 325 g/mol. The molecule has 0 bridgehead atoms. The summed E-state index contributed by atoms with van der Waals surface area (Å²) in [5.74, 6) is 0.477. The minimum absolute atomic E-state index is 0.252. The van der Waals surface area contributed by atoms with Gasteiger partial charge in [-0.1, -0.05) is 41.4 Å². The summed E-state index contributed by atoms with van der Waals surface area (Å²) in [5.41, 5.74) is 7.44. The highest BCUT2D eigenvalue weighted by Gasteiger charge is 2.22. The minimum Gasteiger partial charge on any atom is -0.497 e. The first kappa shape index (κ1) is 16.1. The van der Waals surface area contributed by atoms with E-state index in [1.54, 1.807) is 25.3 Å². The lowest BCUT2D eigenvalue weighted by Crippen LogP contribution is -2.20. The maximum Gasteiger partial charge on any atom is 0.119 e. The molecule has 0 aromatic heterocycles. The second kappa shape index (κ2) is 7.14. The zero-order chi connectivity index (χ0) is 15.4. The summed E-state index contributed by atoms with van der Waals surface area (Å²) in [6.45, 7) is 0.300. The van der Waals surface area contributed by atoms with Gasteiger partial charge in [-0.3, -0.25) is 0 Å². The highest BCUT2D eigenvalue weighted by atomic mass is 35.5. The first-order valence-electron chi connectivity index (χ1n) is 6.54. The third-order valence-corrected chi connectivity index (χ3v) is 4.18. The van der Waals surface area contributed by atoms with Gasteiger partial charge in [0.2, 0.25) is 0 Å². The van der Waals surface area contributed by atoms with Crippen molar-refractivity contribution < 1.29 is 9.84 Å². The topological polar surface area (TPSA) is 55.5 Å². The van der Waals surface area contributed by atoms with Gasteiger partial charge in [0.15, 0.2) is 0 Å². The van der Waals surface area contributed by atoms with Crippen LogP contribution >= 0.6 is 23.2 Å². The van der Waals surface area contributed by atoms with Gasteiger partial charge in [0.05, 0.1) is 23.3 Å². The molecule has 2 aromatic carbocycles. The lowest BCUT2D eigenvalue weighted by atomic mass is 9.89. The van der Waals surface area contributed by atoms with E-state index in [0.717, 1.165) is 11.3 Å². The minimum atomic E-state index is -0.767. The summed E-state index contributed by atoms with van der Waals surface area (Å²) < 4.78 is 5.21. The van der Waals surface area contributed by atoms with Gasteiger partial charge in [-0.05, 0) is 35.4 Å². The molecule has 0 saturated carbocycles. The van der Waals surface area contributed by atoms with E-state index in [4.69, 9.17) is 33.7 Å². The van der Waals surface area contributed by atoms with Crippen molar-refractivity contribution in [1.82, 2.24) is 0 Å². The Morgan fingerprint density at radius 1 is 1.10 bits per heavy atom. The van der Waals surface area contributed by atoms with E-state index >= 15 is 0 Å². The Hall–Kier alpha value is -1.26. The van der Waals surface area contributed by atoms with Crippen LogP contribution in [0.25, 0.3) is 0 Å². The molecular weight excluding hydrogens is 309 g/mol. The van der Waals surface area contributed by atoms with Crippen LogP contribution in [0.4, 0.5) is 0 Å². The van der Waals surface area contributed by atoms with Crippen molar-refractivity contribution in [2.45, 2.75) is 12.0 Å². The first-order valence-corrected chi connectivity index (χ1v) is 7.29. The molecular formula is C16H17Cl2NO2. The molecule has 5 heteroatoms. The molecule has 0 fully saturated rings. The standard InChI is InChI=1S/C16H17Cl2NO2/c1-21-12-4-2-3-10(7-12)13(9-19)16(20)11-5-6-14(17)15(18)8-11/h2-8,13,16,20H,9,19H2,1H3. The summed E-state index contributed by atoms with van der Waals surface area (Å²) in [4.78, 5) is 0. The number of benzene rings is 2. The van der Waals surface area contributed by atoms with E-state index in [9.17, 15) is 5.11 Å². The number of hydrogen-bond acceptors (Lipinski definition) is 3. The van der Waals surface area contributed by atoms with Gasteiger partial charge in [0, 0.05) is 12.5 Å². The van der Waals surface area contributed by atoms with Gasteiger partial charge in [-0.2, -0.15) is 0 Å². The van der Waals surface area contributed by atoms with Crippen molar-refractivity contribution in [2.24, 2.45) is 5.73 Å². The number of halogens is 2. The highest BCUT2D eigenvalue weighted by Crippen LogP contribution is 2.34. The normalized spacial score (nSPS) is 13.8. The van der Waals surface area contributed by atoms with Gasteiger partial charge in [0.1, 0.15) is 5.75 Å². The van der Waals surface area contributed by atoms with Crippen LogP contribution in [-0.4, -0.2) is 18.8 Å². The zero-order valence-corrected chi connectivity index (χ0v) is 13.1. The molecule has 0 spiro atoms. The zero-order valence-electron chi connectivity index (χ0n) is 11.6. The Morgan fingerprint density at radius 3 is 2.48 bits per heavy atom. The highest BCUT2D eigenvalue weighted by molar-refractivity contribution is 6.42. The number of ether oxygens (including phenoxy) is 1. The average molecular weight is 326 g/mol. The van der Waals surface area contributed by atoms with Gasteiger partial charge in [-0.25, -0.2) is 0 Å². The largest absolute Gasteiger partial charge is 0.497 e. The number of nitrogens with two attached hydrogens (primary N) is 1. The van der Waals surface area contributed by atoms with Crippen molar-refractivity contribution in [2.75, 3.05) is 13.7 Å². The number of methoxy groups -OCH3 is 1. The van der Waals surface area contributed by atoms with Crippen molar-refractivity contribution in [3.8, 4) is 5.75 Å². The van der Waals surface area contributed by atoms with E-state index in [1.165, 1.54) is 0 Å². The van der Waals surface area contributed by atoms with Crippen LogP contribution in [0.2, 0.25) is 10.0 Å². The Kier molecular flexibility index (Phi) is 5.48. The number of rotatable bonds is 5. The van der Waals surface area contributed by atoms with Crippen LogP contribution in [0.1, 0.15) is 23.1 Å². The molecule has 2 aromatic rings. The number of aliphatic hydroxyl groups is 1. The molecule has 3 N–H and O–H groups in total. The van der Waals surface area contributed by atoms with Crippen LogP contribution in [0, 0.1) is 0 Å². The summed E-state index contributed by atoms with van der Waals surface area (Å²) in [6, 6.07) is 12.6. The molecule has 0 heterocycles. The summed E-state index contributed by atoms with van der Waals surface area (Å²) >= 11 is 11.9. The van der Waals surface area contributed by atoms with Crippen LogP contribution in [0.5, 0.6) is 5.75 Å². The second-order valence-electron chi connectivity index (χ2n) is 4.74. The lowest BCUT2D eigenvalue weighted by Gasteiger charge is -2.23. The maximum atomic E-state index is 10.6. The predicted octanol–water partition coefficient (Wildman–Crippen LogP) is 3.78. The first-order chi connectivity index (χ1) is 10.1. The van der Waals surface area contributed by atoms with E-state index < -0.39 is 6.10 Å². The van der Waals surface area contributed by atoms with Crippen molar-refractivity contribution in [3.63, 3.8) is 0 Å². The molecule has 21 heavy (non-hydrogen) atoms. The Morgan fingerprint density at radius 2 is 1.86 bits per heavy atom. The summed E-state index contributed by atoms with van der Waals surface area (Å²) in [6.07, 6.45) is -0.767. The van der Waals surface area contributed by atoms with Crippen LogP contribution in [0.3, 0.4) is 0 Å². The third-order valence-electron chi connectivity index (χ3n) is 3.44. The molecule has 0 aliphatic carbocycles. The summed E-state index contributed by atoms with van der Waals surface area (Å²) in [7, 11) is 1.60. The molecule has 0 aliphatic heterocycles. The van der Waals surface area contributed by atoms with Crippen molar-refractivity contribution >= 4 is 23.2 Å². The van der Waals surface area contributed by atoms with Crippen molar-refractivity contribution in [3.05, 3.63) is 63.6 Å². The fraction of sp³-hybridized carbons (Fsp3) is 0.250. The Bertz CT molecular complexity index is 619. The van der Waals surface area contributed by atoms with E-state index in [1.807, 2.05) is 24.3 Å². The third kappa shape index (κ3) is 3.69. The van der Waals surface area contributed by atoms with E-state index in [-0.39, 0.29) is 5.92 Å². The molecule has 3 nitrogen and oxygen atoms in total. The fourth-order valence-corrected chi connectivity index (χ4v) is 2.55. The Balaban J connectivity index is 2.32. The maximum absolute atomic E-state index is 10.6. The summed E-state index contributed by atoms with van der Waals surface area (Å²) in [5, 5.41) is 11.5. The molecule has 0 radical (unpaired) electrons. The molecule has 2 rings (SSSR count). The number of aliphatic hydroxyl groups excluding tert-OH is 1. The predicted molar refractivity (Wildman–Crippen MR) is 86.2 cm³/mol. The van der Waals surface area contributed by atoms with Gasteiger partial charge in [-0.15, -0.1) is 0 Å². The van der Waals surface area contributed by atoms with Crippen molar-refractivity contribution in [1.29, 1.82) is 0 Å². The molecule has 2 unspecified atom stereocenters. The molecule has 0 saturated heterocycles. The SMILES string of the molecule is COc1cccc(C(CN)C(O)c2ccc(Cl)c(Cl)c2)c1. The Labute approximate surface area is 134 Å². The number of hydrogen-bond donors (Lipinski definition) is 2. The molecule has 112 valence electrons. The van der Waals surface area contributed by atoms with Crippen LogP contribution < -0.4 is 10.5 Å². The second-order valence-corrected chi connectivity index (χ2v) is 5.55. The molecule has 2 atom stereocenters. The van der Waals surface area contributed by atoms with E-state index in [2.05, 4.69) is 0 Å². The smallest absolute Gasteiger partial charge is 0.119 e. The van der Waals surface area contributed by atoms with Gasteiger partial charge >= 0.3 is 0 Å². The van der Waals surface area contributed by atoms with Crippen LogP contribution in [0.15, 0.2) is 42.5 Å². The average Bonchev–Trinajstić information content (AvgIpc) is 2.51. The molecule has 0 amide bonds. The van der Waals surface area contributed by atoms with Gasteiger partial charge in [0.25, 0.3) is 0 Å². The fourth-order valence-electron chi connectivity index (χ4n) is 2.25. The van der Waals surface area contributed by atoms with E-state index in [0.29, 0.717) is 22.2 Å². The van der Waals surface area contributed by atoms with Gasteiger partial charge < -0.3 is 15.6 Å². The lowest BCUT2D eigenvalue weighted by molar-refractivity contribution is 0.147. The molecule has 0 aliphatic rings. The quantitative estimate of drug-likeness (QED) is 0.879.